The molecule has 1 fully saturated rings. The van der Waals surface area contributed by atoms with Crippen molar-refractivity contribution < 1.29 is 29.5 Å². The number of carbonyl (C=O) groups excluding carboxylic acids is 1. The van der Waals surface area contributed by atoms with Gasteiger partial charge < -0.3 is 15.1 Å². The van der Waals surface area contributed by atoms with E-state index in [2.05, 4.69) is 33.0 Å². The Bertz CT molecular complexity index is 928. The minimum Gasteiger partial charge on any atom is -0.473 e. The maximum Gasteiger partial charge on any atom is 0.414 e. The molecule has 10 nitrogen and oxygen atoms in total. The first kappa shape index (κ1) is 24.0. The SMILES string of the molecule is O=C(O)C(=O)O.O=C(c1ccc([N+](=O)[O-])cc1)N1CCN(Cc2ccc(Br)cc2)CC1. The smallest absolute Gasteiger partial charge is 0.414 e. The van der Waals surface area contributed by atoms with Crippen molar-refractivity contribution in [3.8, 4) is 0 Å². The number of nitro groups is 1. The molecule has 0 atom stereocenters. The minimum atomic E-state index is -1.82. The number of carboxylic acid groups (broad SMARTS) is 2. The van der Waals surface area contributed by atoms with Crippen LogP contribution in [0.2, 0.25) is 0 Å². The first-order chi connectivity index (χ1) is 14.7. The summed E-state index contributed by atoms with van der Waals surface area (Å²) in [6, 6.07) is 14.0. The van der Waals surface area contributed by atoms with E-state index in [0.29, 0.717) is 18.7 Å². The molecule has 0 bridgehead atoms. The second-order valence-corrected chi connectivity index (χ2v) is 7.52. The zero-order valence-electron chi connectivity index (χ0n) is 16.3. The number of hydrogen-bond acceptors (Lipinski definition) is 6. The molecule has 1 aliphatic heterocycles. The Kier molecular flexibility index (Phi) is 8.64. The lowest BCUT2D eigenvalue weighted by Crippen LogP contribution is -2.48. The molecule has 1 heterocycles. The van der Waals surface area contributed by atoms with Gasteiger partial charge in [-0.05, 0) is 29.8 Å². The number of aliphatic carboxylic acids is 2. The normalized spacial score (nSPS) is 13.6. The summed E-state index contributed by atoms with van der Waals surface area (Å²) in [4.78, 5) is 45.1. The second-order valence-electron chi connectivity index (χ2n) is 6.61. The number of rotatable bonds is 4. The van der Waals surface area contributed by atoms with Crippen LogP contribution in [0.15, 0.2) is 53.0 Å². The van der Waals surface area contributed by atoms with Crippen LogP contribution in [0, 0.1) is 10.1 Å². The highest BCUT2D eigenvalue weighted by molar-refractivity contribution is 9.10. The zero-order chi connectivity index (χ0) is 23.0. The molecule has 0 unspecified atom stereocenters. The van der Waals surface area contributed by atoms with Crippen LogP contribution in [0.5, 0.6) is 0 Å². The number of piperazine rings is 1. The highest BCUT2D eigenvalue weighted by Crippen LogP contribution is 2.16. The fraction of sp³-hybridized carbons (Fsp3) is 0.250. The van der Waals surface area contributed by atoms with E-state index in [0.717, 1.165) is 24.1 Å². The summed E-state index contributed by atoms with van der Waals surface area (Å²) >= 11 is 3.43. The van der Waals surface area contributed by atoms with Crippen LogP contribution in [-0.2, 0) is 16.1 Å². The summed E-state index contributed by atoms with van der Waals surface area (Å²) in [6.45, 7) is 3.81. The summed E-state index contributed by atoms with van der Waals surface area (Å²) in [7, 11) is 0. The molecule has 1 saturated heterocycles. The van der Waals surface area contributed by atoms with Crippen molar-refractivity contribution >= 4 is 39.5 Å². The van der Waals surface area contributed by atoms with Crippen LogP contribution in [-0.4, -0.2) is 69.0 Å². The molecule has 3 rings (SSSR count). The van der Waals surface area contributed by atoms with Crippen molar-refractivity contribution in [2.45, 2.75) is 6.54 Å². The molecular weight excluding hydrogens is 474 g/mol. The Labute approximate surface area is 186 Å². The average molecular weight is 494 g/mol. The Hall–Kier alpha value is -3.31. The Balaban J connectivity index is 0.000000501. The van der Waals surface area contributed by atoms with Crippen LogP contribution in [0.1, 0.15) is 15.9 Å². The molecule has 1 aliphatic rings. The lowest BCUT2D eigenvalue weighted by Gasteiger charge is -2.34. The molecule has 2 aromatic carbocycles. The van der Waals surface area contributed by atoms with Gasteiger partial charge in [-0.25, -0.2) is 9.59 Å². The third-order valence-corrected chi connectivity index (χ3v) is 5.02. The topological polar surface area (TPSA) is 141 Å². The number of benzene rings is 2. The molecule has 31 heavy (non-hydrogen) atoms. The summed E-state index contributed by atoms with van der Waals surface area (Å²) in [5.74, 6) is -3.72. The molecule has 0 aliphatic carbocycles. The van der Waals surface area contributed by atoms with E-state index >= 15 is 0 Å². The number of amides is 1. The average Bonchev–Trinajstić information content (AvgIpc) is 2.76. The highest BCUT2D eigenvalue weighted by atomic mass is 79.9. The summed E-state index contributed by atoms with van der Waals surface area (Å²) in [5.41, 5.74) is 1.74. The lowest BCUT2D eigenvalue weighted by molar-refractivity contribution is -0.384. The van der Waals surface area contributed by atoms with Gasteiger partial charge in [0.2, 0.25) is 0 Å². The molecule has 1 amide bonds. The highest BCUT2D eigenvalue weighted by Gasteiger charge is 2.22. The van der Waals surface area contributed by atoms with Crippen molar-refractivity contribution in [1.29, 1.82) is 0 Å². The van der Waals surface area contributed by atoms with Gasteiger partial charge in [0.05, 0.1) is 4.92 Å². The Morgan fingerprint density at radius 2 is 1.42 bits per heavy atom. The molecule has 2 N–H and O–H groups in total. The van der Waals surface area contributed by atoms with Gasteiger partial charge in [0, 0.05) is 54.9 Å². The number of halogens is 1. The van der Waals surface area contributed by atoms with Gasteiger partial charge >= 0.3 is 11.9 Å². The maximum absolute atomic E-state index is 12.5. The van der Waals surface area contributed by atoms with Crippen LogP contribution < -0.4 is 0 Å². The first-order valence-electron chi connectivity index (χ1n) is 9.14. The molecule has 2 aromatic rings. The van der Waals surface area contributed by atoms with Gasteiger partial charge in [0.15, 0.2) is 0 Å². The molecule has 0 aromatic heterocycles. The van der Waals surface area contributed by atoms with Crippen LogP contribution in [0.25, 0.3) is 0 Å². The van der Waals surface area contributed by atoms with Crippen molar-refractivity contribution in [2.24, 2.45) is 0 Å². The summed E-state index contributed by atoms with van der Waals surface area (Å²) < 4.78 is 1.06. The van der Waals surface area contributed by atoms with Crippen LogP contribution in [0.4, 0.5) is 5.69 Å². The third kappa shape index (κ3) is 7.46. The number of carbonyl (C=O) groups is 3. The fourth-order valence-electron chi connectivity index (χ4n) is 2.87. The summed E-state index contributed by atoms with van der Waals surface area (Å²) in [6.07, 6.45) is 0. The minimum absolute atomic E-state index is 0.00383. The van der Waals surface area contributed by atoms with Gasteiger partial charge in [0.1, 0.15) is 0 Å². The predicted molar refractivity (Wildman–Crippen MR) is 114 cm³/mol. The van der Waals surface area contributed by atoms with E-state index in [1.54, 1.807) is 4.90 Å². The van der Waals surface area contributed by atoms with E-state index in [-0.39, 0.29) is 11.6 Å². The number of carboxylic acids is 2. The van der Waals surface area contributed by atoms with Gasteiger partial charge in [0.25, 0.3) is 11.6 Å². The lowest BCUT2D eigenvalue weighted by atomic mass is 10.1. The Morgan fingerprint density at radius 1 is 0.903 bits per heavy atom. The van der Waals surface area contributed by atoms with E-state index in [4.69, 9.17) is 19.8 Å². The summed E-state index contributed by atoms with van der Waals surface area (Å²) in [5, 5.41) is 25.5. The van der Waals surface area contributed by atoms with Crippen LogP contribution >= 0.6 is 15.9 Å². The number of nitrogens with zero attached hydrogens (tertiary/aromatic N) is 3. The van der Waals surface area contributed by atoms with Crippen molar-refractivity contribution in [1.82, 2.24) is 9.80 Å². The van der Waals surface area contributed by atoms with Crippen molar-refractivity contribution in [2.75, 3.05) is 26.2 Å². The zero-order valence-corrected chi connectivity index (χ0v) is 17.9. The van der Waals surface area contributed by atoms with Crippen molar-refractivity contribution in [3.63, 3.8) is 0 Å². The predicted octanol–water partition coefficient (Wildman–Crippen LogP) is 2.47. The molecular formula is C20H20BrN3O7. The molecule has 11 heteroatoms. The molecule has 0 spiro atoms. The largest absolute Gasteiger partial charge is 0.473 e. The van der Waals surface area contributed by atoms with E-state index in [9.17, 15) is 14.9 Å². The van der Waals surface area contributed by atoms with Gasteiger partial charge in [-0.3, -0.25) is 19.8 Å². The van der Waals surface area contributed by atoms with E-state index < -0.39 is 16.9 Å². The van der Waals surface area contributed by atoms with Gasteiger partial charge in [-0.1, -0.05) is 28.1 Å². The van der Waals surface area contributed by atoms with E-state index in [1.807, 2.05) is 12.1 Å². The fourth-order valence-corrected chi connectivity index (χ4v) is 3.13. The number of nitro benzene ring substituents is 1. The number of hydrogen-bond donors (Lipinski definition) is 2. The van der Waals surface area contributed by atoms with Crippen molar-refractivity contribution in [3.05, 3.63) is 74.2 Å². The third-order valence-electron chi connectivity index (χ3n) is 4.49. The number of non-ortho nitro benzene ring substituents is 1. The standard InChI is InChI=1S/C18H18BrN3O3.C2H2O4/c19-16-5-1-14(2-6-16)13-20-9-11-21(12-10-20)18(23)15-3-7-17(8-4-15)22(24)25;3-1(4)2(5)6/h1-8H,9-13H2;(H,3,4)(H,5,6). The molecule has 164 valence electrons. The van der Waals surface area contributed by atoms with Gasteiger partial charge in [-0.2, -0.15) is 0 Å². The van der Waals surface area contributed by atoms with E-state index in [1.165, 1.54) is 29.8 Å². The van der Waals surface area contributed by atoms with Gasteiger partial charge in [-0.15, -0.1) is 0 Å². The Morgan fingerprint density at radius 3 is 1.87 bits per heavy atom. The second kappa shape index (κ2) is 11.2. The maximum atomic E-state index is 12.5. The molecule has 0 radical (unpaired) electrons. The monoisotopic (exact) mass is 493 g/mol. The molecule has 0 saturated carbocycles. The van der Waals surface area contributed by atoms with Crippen LogP contribution in [0.3, 0.4) is 0 Å². The first-order valence-corrected chi connectivity index (χ1v) is 9.93. The quantitative estimate of drug-likeness (QED) is 0.375.